The molecule has 1 aromatic carbocycles. The summed E-state index contributed by atoms with van der Waals surface area (Å²) in [5.74, 6) is -0.275. The lowest BCUT2D eigenvalue weighted by molar-refractivity contribution is 0.0954. The Bertz CT molecular complexity index is 755. The molecule has 0 saturated heterocycles. The molecule has 0 radical (unpaired) electrons. The van der Waals surface area contributed by atoms with Gasteiger partial charge >= 0.3 is 0 Å². The third-order valence-corrected chi connectivity index (χ3v) is 4.45. The van der Waals surface area contributed by atoms with E-state index >= 15 is 0 Å². The average molecular weight is 326 g/mol. The molecule has 1 heterocycles. The van der Waals surface area contributed by atoms with Crippen LogP contribution in [0.5, 0.6) is 0 Å². The van der Waals surface area contributed by atoms with Gasteiger partial charge in [0, 0.05) is 6.54 Å². The number of carbonyl (C=O) groups is 1. The van der Waals surface area contributed by atoms with Gasteiger partial charge in [0.15, 0.2) is 0 Å². The molecular formula is C12H14N4O3S2. The fourth-order valence-corrected chi connectivity index (χ4v) is 2.96. The maximum Gasteiger partial charge on any atom is 0.265 e. The normalized spacial score (nSPS) is 11.3. The number of nitrogens with zero attached hydrogens (tertiary/aromatic N) is 2. The van der Waals surface area contributed by atoms with Gasteiger partial charge in [-0.2, -0.15) is 0 Å². The van der Waals surface area contributed by atoms with Crippen molar-refractivity contribution in [1.29, 1.82) is 0 Å². The molecule has 0 aliphatic rings. The van der Waals surface area contributed by atoms with Crippen molar-refractivity contribution in [2.24, 2.45) is 5.14 Å². The molecule has 3 N–H and O–H groups in total. The molecule has 1 aromatic heterocycles. The summed E-state index contributed by atoms with van der Waals surface area (Å²) in [5, 5.41) is 11.6. The third kappa shape index (κ3) is 3.84. The molecule has 112 valence electrons. The zero-order chi connectivity index (χ0) is 15.5. The van der Waals surface area contributed by atoms with Gasteiger partial charge < -0.3 is 5.32 Å². The van der Waals surface area contributed by atoms with E-state index in [-0.39, 0.29) is 17.3 Å². The average Bonchev–Trinajstić information content (AvgIpc) is 2.92. The van der Waals surface area contributed by atoms with Crippen molar-refractivity contribution in [1.82, 2.24) is 14.9 Å². The highest BCUT2D eigenvalue weighted by atomic mass is 32.2. The van der Waals surface area contributed by atoms with Crippen molar-refractivity contribution in [2.45, 2.75) is 24.8 Å². The van der Waals surface area contributed by atoms with Crippen molar-refractivity contribution in [3.8, 4) is 0 Å². The zero-order valence-corrected chi connectivity index (χ0v) is 12.9. The number of aryl methyl sites for hydroxylation is 1. The first-order valence-electron chi connectivity index (χ1n) is 6.13. The third-order valence-electron chi connectivity index (χ3n) is 2.78. The number of benzene rings is 1. The summed E-state index contributed by atoms with van der Waals surface area (Å²) in [6.45, 7) is 2.09. The van der Waals surface area contributed by atoms with Crippen LogP contribution in [0, 0.1) is 0 Å². The first kappa shape index (κ1) is 15.5. The van der Waals surface area contributed by atoms with Gasteiger partial charge in [-0.25, -0.2) is 13.6 Å². The predicted molar refractivity (Wildman–Crippen MR) is 78.3 cm³/mol. The molecule has 0 atom stereocenters. The quantitative estimate of drug-likeness (QED) is 0.838. The molecule has 0 spiro atoms. The Morgan fingerprint density at radius 3 is 2.86 bits per heavy atom. The van der Waals surface area contributed by atoms with Gasteiger partial charge in [0.2, 0.25) is 10.0 Å². The van der Waals surface area contributed by atoms with Crippen LogP contribution in [0.1, 0.15) is 27.9 Å². The minimum atomic E-state index is -3.75. The summed E-state index contributed by atoms with van der Waals surface area (Å²) in [6, 6.07) is 6.12. The fraction of sp³-hybridized carbons (Fsp3) is 0.250. The Labute approximate surface area is 126 Å². The monoisotopic (exact) mass is 326 g/mol. The number of hydrogen-bond donors (Lipinski definition) is 2. The van der Waals surface area contributed by atoms with Crippen LogP contribution in [-0.4, -0.2) is 23.9 Å². The molecule has 7 nitrogen and oxygen atoms in total. The van der Waals surface area contributed by atoms with E-state index in [1.165, 1.54) is 12.1 Å². The fourth-order valence-electron chi connectivity index (χ4n) is 1.71. The number of sulfonamides is 1. The zero-order valence-electron chi connectivity index (χ0n) is 11.2. The first-order valence-corrected chi connectivity index (χ1v) is 8.45. The van der Waals surface area contributed by atoms with Crippen molar-refractivity contribution >= 4 is 27.5 Å². The molecule has 0 aliphatic heterocycles. The summed E-state index contributed by atoms with van der Waals surface area (Å²) in [6.07, 6.45) is 0.625. The van der Waals surface area contributed by atoms with E-state index in [1.807, 2.05) is 6.92 Å². The maximum absolute atomic E-state index is 12.0. The minimum Gasteiger partial charge on any atom is -0.347 e. The Balaban J connectivity index is 2.08. The predicted octanol–water partition coefficient (Wildman–Crippen LogP) is 0.678. The van der Waals surface area contributed by atoms with Gasteiger partial charge in [-0.3, -0.25) is 4.79 Å². The lowest BCUT2D eigenvalue weighted by Gasteiger charge is -2.06. The van der Waals surface area contributed by atoms with Gasteiger partial charge in [0.05, 0.1) is 10.6 Å². The van der Waals surface area contributed by atoms with Crippen LogP contribution in [0.25, 0.3) is 0 Å². The van der Waals surface area contributed by atoms with Crippen LogP contribution < -0.4 is 10.5 Å². The van der Waals surface area contributed by atoms with E-state index in [4.69, 9.17) is 5.14 Å². The second kappa shape index (κ2) is 6.29. The number of hydrogen-bond acceptors (Lipinski definition) is 6. The van der Waals surface area contributed by atoms with Crippen molar-refractivity contribution < 1.29 is 13.2 Å². The van der Waals surface area contributed by atoms with Crippen LogP contribution in [0.4, 0.5) is 0 Å². The molecule has 2 aromatic rings. The maximum atomic E-state index is 12.0. The summed E-state index contributed by atoms with van der Waals surface area (Å²) < 4.78 is 26.3. The Hall–Kier alpha value is -1.84. The van der Waals surface area contributed by atoms with E-state index in [2.05, 4.69) is 14.9 Å². The Kier molecular flexibility index (Phi) is 4.66. The summed E-state index contributed by atoms with van der Waals surface area (Å²) in [7, 11) is -3.75. The van der Waals surface area contributed by atoms with Crippen LogP contribution in [0.15, 0.2) is 29.2 Å². The van der Waals surface area contributed by atoms with Gasteiger partial charge in [-0.15, -0.1) is 5.10 Å². The Morgan fingerprint density at radius 1 is 1.43 bits per heavy atom. The smallest absolute Gasteiger partial charge is 0.265 e. The molecular weight excluding hydrogens is 312 g/mol. The number of carbonyl (C=O) groups excluding carboxylic acids is 1. The number of aromatic nitrogens is 2. The highest BCUT2D eigenvalue weighted by molar-refractivity contribution is 7.89. The van der Waals surface area contributed by atoms with Crippen molar-refractivity contribution in [2.75, 3.05) is 0 Å². The summed E-state index contributed by atoms with van der Waals surface area (Å²) >= 11 is 1.04. The van der Waals surface area contributed by atoms with E-state index in [0.29, 0.717) is 22.6 Å². The van der Waals surface area contributed by atoms with Gasteiger partial charge in [-0.05, 0) is 35.6 Å². The van der Waals surface area contributed by atoms with E-state index in [0.717, 1.165) is 11.5 Å². The van der Waals surface area contributed by atoms with Gasteiger partial charge in [-0.1, -0.05) is 23.5 Å². The van der Waals surface area contributed by atoms with Crippen molar-refractivity contribution in [3.63, 3.8) is 0 Å². The van der Waals surface area contributed by atoms with E-state index in [1.54, 1.807) is 12.1 Å². The highest BCUT2D eigenvalue weighted by Crippen LogP contribution is 2.12. The van der Waals surface area contributed by atoms with E-state index < -0.39 is 10.0 Å². The number of nitrogens with one attached hydrogen (secondary N) is 1. The van der Waals surface area contributed by atoms with Crippen LogP contribution in [0.2, 0.25) is 0 Å². The molecule has 0 aliphatic carbocycles. The molecule has 21 heavy (non-hydrogen) atoms. The first-order chi connectivity index (χ1) is 9.91. The summed E-state index contributed by atoms with van der Waals surface area (Å²) in [4.78, 5) is 12.5. The van der Waals surface area contributed by atoms with Gasteiger partial charge in [0.1, 0.15) is 4.88 Å². The minimum absolute atomic E-state index is 0.0166. The largest absolute Gasteiger partial charge is 0.347 e. The van der Waals surface area contributed by atoms with Crippen LogP contribution in [0.3, 0.4) is 0 Å². The Morgan fingerprint density at radius 2 is 2.19 bits per heavy atom. The van der Waals surface area contributed by atoms with Gasteiger partial charge in [0.25, 0.3) is 5.91 Å². The highest BCUT2D eigenvalue weighted by Gasteiger charge is 2.15. The van der Waals surface area contributed by atoms with Crippen molar-refractivity contribution in [3.05, 3.63) is 40.4 Å². The molecule has 0 saturated carbocycles. The number of nitrogens with two attached hydrogens (primary N) is 1. The second-order valence-electron chi connectivity index (χ2n) is 4.28. The molecule has 2 rings (SSSR count). The second-order valence-corrected chi connectivity index (χ2v) is 6.59. The number of primary sulfonamides is 1. The lowest BCUT2D eigenvalue weighted by atomic mass is 10.2. The van der Waals surface area contributed by atoms with E-state index in [9.17, 15) is 13.2 Å². The molecule has 9 heteroatoms. The molecule has 0 unspecified atom stereocenters. The standard InChI is InChI=1S/C12H14N4O3S2/c1-2-10-11(20-16-15-10)12(17)14-7-8-4-3-5-9(6-8)21(13,18)19/h3-6H,2,7H2,1H3,(H,14,17)(H2,13,18,19). The lowest BCUT2D eigenvalue weighted by Crippen LogP contribution is -2.23. The summed E-state index contributed by atoms with van der Waals surface area (Å²) in [5.41, 5.74) is 1.29. The molecule has 0 fully saturated rings. The molecule has 1 amide bonds. The topological polar surface area (TPSA) is 115 Å². The molecule has 0 bridgehead atoms. The number of amides is 1. The van der Waals surface area contributed by atoms with Crippen LogP contribution in [-0.2, 0) is 23.0 Å². The number of rotatable bonds is 5. The van der Waals surface area contributed by atoms with Crippen LogP contribution >= 0.6 is 11.5 Å². The SMILES string of the molecule is CCc1nnsc1C(=O)NCc1cccc(S(N)(=O)=O)c1.